The van der Waals surface area contributed by atoms with Crippen molar-refractivity contribution in [2.75, 3.05) is 0 Å². The third-order valence-electron chi connectivity index (χ3n) is 4.71. The van der Waals surface area contributed by atoms with Gasteiger partial charge in [-0.25, -0.2) is 4.79 Å². The van der Waals surface area contributed by atoms with E-state index in [9.17, 15) is 4.79 Å². The number of ether oxygens (including phenoxy) is 1. The summed E-state index contributed by atoms with van der Waals surface area (Å²) in [5.74, 6) is 1.09. The number of carbonyl (C=O) groups is 1. The maximum atomic E-state index is 12.6. The zero-order valence-electron chi connectivity index (χ0n) is 14.8. The van der Waals surface area contributed by atoms with Crippen molar-refractivity contribution < 1.29 is 13.9 Å². The number of benzene rings is 1. The fraction of sp³-hybridized carbons (Fsp3) is 0.350. The van der Waals surface area contributed by atoms with E-state index in [4.69, 9.17) is 9.15 Å². The zero-order valence-corrected chi connectivity index (χ0v) is 15.6. The molecular formula is C20H20N2O3S. The van der Waals surface area contributed by atoms with Gasteiger partial charge in [0.1, 0.15) is 0 Å². The fourth-order valence-electron chi connectivity index (χ4n) is 3.22. The van der Waals surface area contributed by atoms with E-state index in [-0.39, 0.29) is 5.97 Å². The molecule has 0 fully saturated rings. The van der Waals surface area contributed by atoms with Crippen LogP contribution in [0.1, 0.15) is 53.1 Å². The van der Waals surface area contributed by atoms with Gasteiger partial charge in [0.2, 0.25) is 5.89 Å². The van der Waals surface area contributed by atoms with Crippen LogP contribution in [0.2, 0.25) is 0 Å². The second-order valence-corrected chi connectivity index (χ2v) is 7.72. The van der Waals surface area contributed by atoms with Gasteiger partial charge in [0, 0.05) is 15.8 Å². The lowest BCUT2D eigenvalue weighted by atomic mass is 9.88. The van der Waals surface area contributed by atoms with Crippen molar-refractivity contribution in [1.29, 1.82) is 0 Å². The van der Waals surface area contributed by atoms with Crippen LogP contribution in [-0.2, 0) is 17.6 Å². The number of thiophene rings is 1. The molecule has 6 heteroatoms. The Hall–Kier alpha value is -2.47. The first-order valence-electron chi connectivity index (χ1n) is 8.81. The van der Waals surface area contributed by atoms with E-state index in [2.05, 4.69) is 17.1 Å². The highest BCUT2D eigenvalue weighted by Crippen LogP contribution is 2.34. The van der Waals surface area contributed by atoms with Gasteiger partial charge in [-0.05, 0) is 49.8 Å². The number of rotatable bonds is 4. The van der Waals surface area contributed by atoms with E-state index >= 15 is 0 Å². The summed E-state index contributed by atoms with van der Waals surface area (Å²) in [6, 6.07) is 9.53. The summed E-state index contributed by atoms with van der Waals surface area (Å²) >= 11 is 1.66. The molecule has 2 aromatic heterocycles. The Bertz CT molecular complexity index is 916. The van der Waals surface area contributed by atoms with Gasteiger partial charge in [0.15, 0.2) is 6.10 Å². The summed E-state index contributed by atoms with van der Waals surface area (Å²) in [5, 5.41) is 10.0. The van der Waals surface area contributed by atoms with E-state index in [0.29, 0.717) is 23.3 Å². The minimum absolute atomic E-state index is 0.301. The van der Waals surface area contributed by atoms with Crippen LogP contribution in [0.25, 0.3) is 11.5 Å². The molecule has 0 N–H and O–H groups in total. The summed E-state index contributed by atoms with van der Waals surface area (Å²) in [4.78, 5) is 13.9. The second-order valence-electron chi connectivity index (χ2n) is 6.76. The molecule has 0 bridgehead atoms. The van der Waals surface area contributed by atoms with Crippen LogP contribution in [0.3, 0.4) is 0 Å². The lowest BCUT2D eigenvalue weighted by Crippen LogP contribution is -2.14. The lowest BCUT2D eigenvalue weighted by molar-refractivity contribution is 0.0279. The summed E-state index contributed by atoms with van der Waals surface area (Å²) in [7, 11) is 0. The summed E-state index contributed by atoms with van der Waals surface area (Å²) < 4.78 is 11.3. The Kier molecular flexibility index (Phi) is 4.59. The predicted molar refractivity (Wildman–Crippen MR) is 99.1 cm³/mol. The number of esters is 1. The van der Waals surface area contributed by atoms with Crippen molar-refractivity contribution in [3.05, 3.63) is 57.6 Å². The SMILES string of the molecule is CC1CCc2c(C(=O)OC(C)c3nnc(-c4ccccc4)o3)csc2C1. The van der Waals surface area contributed by atoms with Gasteiger partial charge in [-0.2, -0.15) is 0 Å². The lowest BCUT2D eigenvalue weighted by Gasteiger charge is -2.19. The molecule has 26 heavy (non-hydrogen) atoms. The zero-order chi connectivity index (χ0) is 18.1. The van der Waals surface area contributed by atoms with Gasteiger partial charge < -0.3 is 9.15 Å². The number of fused-ring (bicyclic) bond motifs is 1. The van der Waals surface area contributed by atoms with E-state index in [1.165, 1.54) is 4.88 Å². The topological polar surface area (TPSA) is 65.2 Å². The van der Waals surface area contributed by atoms with E-state index in [0.717, 1.165) is 30.4 Å². The third kappa shape index (κ3) is 3.29. The quantitative estimate of drug-likeness (QED) is 0.617. The smallest absolute Gasteiger partial charge is 0.340 e. The molecule has 5 nitrogen and oxygen atoms in total. The Balaban J connectivity index is 1.48. The van der Waals surface area contributed by atoms with Crippen LogP contribution in [0.5, 0.6) is 0 Å². The second kappa shape index (κ2) is 7.03. The monoisotopic (exact) mass is 368 g/mol. The minimum Gasteiger partial charge on any atom is -0.449 e. The summed E-state index contributed by atoms with van der Waals surface area (Å²) in [6.45, 7) is 4.00. The molecule has 2 unspecified atom stereocenters. The summed E-state index contributed by atoms with van der Waals surface area (Å²) in [5.41, 5.74) is 2.68. The van der Waals surface area contributed by atoms with Gasteiger partial charge in [0.25, 0.3) is 5.89 Å². The fourth-order valence-corrected chi connectivity index (χ4v) is 4.45. The van der Waals surface area contributed by atoms with Gasteiger partial charge in [-0.3, -0.25) is 0 Å². The molecule has 1 aromatic carbocycles. The van der Waals surface area contributed by atoms with Crippen molar-refractivity contribution in [2.45, 2.75) is 39.2 Å². The van der Waals surface area contributed by atoms with Crippen molar-refractivity contribution in [3.63, 3.8) is 0 Å². The molecule has 2 heterocycles. The predicted octanol–water partition coefficient (Wildman–Crippen LogP) is 4.84. The van der Waals surface area contributed by atoms with E-state index in [1.54, 1.807) is 18.3 Å². The molecule has 1 aliphatic carbocycles. The minimum atomic E-state index is -0.592. The Morgan fingerprint density at radius 1 is 1.31 bits per heavy atom. The molecule has 0 spiro atoms. The highest BCUT2D eigenvalue weighted by atomic mass is 32.1. The molecule has 134 valence electrons. The van der Waals surface area contributed by atoms with Crippen molar-refractivity contribution in [3.8, 4) is 11.5 Å². The normalized spacial score (nSPS) is 17.5. The number of hydrogen-bond acceptors (Lipinski definition) is 6. The van der Waals surface area contributed by atoms with Crippen molar-refractivity contribution in [1.82, 2.24) is 10.2 Å². The van der Waals surface area contributed by atoms with Crippen LogP contribution >= 0.6 is 11.3 Å². The number of nitrogens with zero attached hydrogens (tertiary/aromatic N) is 2. The molecule has 0 radical (unpaired) electrons. The molecule has 1 aliphatic rings. The maximum Gasteiger partial charge on any atom is 0.340 e. The molecule has 4 rings (SSSR count). The molecule has 0 aliphatic heterocycles. The van der Waals surface area contributed by atoms with Crippen LogP contribution in [0, 0.1) is 5.92 Å². The van der Waals surface area contributed by atoms with Gasteiger partial charge in [-0.1, -0.05) is 25.1 Å². The van der Waals surface area contributed by atoms with E-state index in [1.807, 2.05) is 35.7 Å². The highest BCUT2D eigenvalue weighted by Gasteiger charge is 2.26. The third-order valence-corrected chi connectivity index (χ3v) is 5.77. The van der Waals surface area contributed by atoms with Crippen LogP contribution in [0.15, 0.2) is 40.1 Å². The van der Waals surface area contributed by atoms with Crippen LogP contribution < -0.4 is 0 Å². The van der Waals surface area contributed by atoms with Crippen LogP contribution in [-0.4, -0.2) is 16.2 Å². The maximum absolute atomic E-state index is 12.6. The van der Waals surface area contributed by atoms with Crippen LogP contribution in [0.4, 0.5) is 0 Å². The average Bonchev–Trinajstić information content (AvgIpc) is 3.29. The summed E-state index contributed by atoms with van der Waals surface area (Å²) in [6.07, 6.45) is 2.51. The molecule has 2 atom stereocenters. The first kappa shape index (κ1) is 17.0. The standard InChI is InChI=1S/C20H20N2O3S/c1-12-8-9-15-16(11-26-17(15)10-12)20(23)24-13(2)18-21-22-19(25-18)14-6-4-3-5-7-14/h3-7,11-13H,8-10H2,1-2H3. The van der Waals surface area contributed by atoms with Gasteiger partial charge in [-0.15, -0.1) is 21.5 Å². The Morgan fingerprint density at radius 3 is 2.92 bits per heavy atom. The number of hydrogen-bond donors (Lipinski definition) is 0. The molecule has 0 amide bonds. The highest BCUT2D eigenvalue weighted by molar-refractivity contribution is 7.10. The van der Waals surface area contributed by atoms with Crippen molar-refractivity contribution >= 4 is 17.3 Å². The molecule has 0 saturated carbocycles. The van der Waals surface area contributed by atoms with Crippen molar-refractivity contribution in [2.24, 2.45) is 5.92 Å². The molecular weight excluding hydrogens is 348 g/mol. The average molecular weight is 368 g/mol. The molecule has 3 aromatic rings. The molecule has 0 saturated heterocycles. The van der Waals surface area contributed by atoms with E-state index < -0.39 is 6.10 Å². The first-order valence-corrected chi connectivity index (χ1v) is 9.69. The van der Waals surface area contributed by atoms with Gasteiger partial charge in [0.05, 0.1) is 5.56 Å². The Labute approximate surface area is 156 Å². The largest absolute Gasteiger partial charge is 0.449 e. The number of carbonyl (C=O) groups excluding carboxylic acids is 1. The number of aromatic nitrogens is 2. The van der Waals surface area contributed by atoms with Gasteiger partial charge >= 0.3 is 5.97 Å². The first-order chi connectivity index (χ1) is 12.6. The Morgan fingerprint density at radius 2 is 2.12 bits per heavy atom.